The predicted octanol–water partition coefficient (Wildman–Crippen LogP) is 1.99. The molecular weight excluding hydrogens is 382 g/mol. The first-order valence-electron chi connectivity index (χ1n) is 9.75. The van der Waals surface area contributed by atoms with Crippen LogP contribution in [-0.2, 0) is 0 Å². The van der Waals surface area contributed by atoms with Crippen LogP contribution in [-0.4, -0.2) is 38.3 Å². The smallest absolute Gasteiger partial charge is 0.261 e. The van der Waals surface area contributed by atoms with Gasteiger partial charge in [0.2, 0.25) is 0 Å². The maximum atomic E-state index is 12.5. The third kappa shape index (κ3) is 2.89. The van der Waals surface area contributed by atoms with E-state index in [2.05, 4.69) is 26.4 Å². The third-order valence-electron chi connectivity index (χ3n) is 6.21. The first-order valence-corrected chi connectivity index (χ1v) is 9.75. The van der Waals surface area contributed by atoms with Gasteiger partial charge in [0.25, 0.3) is 5.91 Å². The molecule has 30 heavy (non-hydrogen) atoms. The lowest BCUT2D eigenvalue weighted by atomic mass is 9.37. The van der Waals surface area contributed by atoms with Crippen LogP contribution in [0, 0.1) is 5.41 Å². The molecule has 0 aliphatic heterocycles. The average Bonchev–Trinajstić information content (AvgIpc) is 3.14. The van der Waals surface area contributed by atoms with Crippen LogP contribution in [0.4, 0.5) is 11.5 Å². The van der Waals surface area contributed by atoms with Crippen molar-refractivity contribution in [1.82, 2.24) is 19.7 Å². The van der Waals surface area contributed by atoms with Crippen LogP contribution in [0.25, 0.3) is 0 Å². The summed E-state index contributed by atoms with van der Waals surface area (Å²) < 4.78 is 7.33. The van der Waals surface area contributed by atoms with Gasteiger partial charge in [-0.15, -0.1) is 0 Å². The highest BCUT2D eigenvalue weighted by molar-refractivity contribution is 6.06. The molecule has 3 aliphatic carbocycles. The fraction of sp³-hybridized carbons (Fsp3) is 0.333. The lowest BCUT2D eigenvalue weighted by Crippen LogP contribution is -2.74. The van der Waals surface area contributed by atoms with Gasteiger partial charge in [0.15, 0.2) is 0 Å². The highest BCUT2D eigenvalue weighted by Gasteiger charge is 2.69. The van der Waals surface area contributed by atoms with Crippen LogP contribution in [0.3, 0.4) is 0 Å². The second-order valence-corrected chi connectivity index (χ2v) is 8.42. The van der Waals surface area contributed by atoms with Crippen molar-refractivity contribution < 1.29 is 9.53 Å². The van der Waals surface area contributed by atoms with E-state index in [0.29, 0.717) is 5.69 Å². The van der Waals surface area contributed by atoms with Gasteiger partial charge in [-0.25, -0.2) is 9.97 Å². The van der Waals surface area contributed by atoms with Gasteiger partial charge in [-0.05, 0) is 37.0 Å². The minimum absolute atomic E-state index is 0.00815. The van der Waals surface area contributed by atoms with Crippen LogP contribution in [0.1, 0.15) is 41.2 Å². The number of rotatable bonds is 6. The Balaban J connectivity index is 1.44. The quantitative estimate of drug-likeness (QED) is 0.571. The molecule has 3 saturated carbocycles. The normalized spacial score (nSPS) is 25.0. The monoisotopic (exact) mass is 405 g/mol. The minimum atomic E-state index is -0.378. The Morgan fingerprint density at radius 1 is 1.30 bits per heavy atom. The van der Waals surface area contributed by atoms with Gasteiger partial charge in [-0.2, -0.15) is 5.10 Å². The van der Waals surface area contributed by atoms with Gasteiger partial charge in [0.05, 0.1) is 25.0 Å². The van der Waals surface area contributed by atoms with E-state index in [-0.39, 0.29) is 34.3 Å². The molecular formula is C21H23N7O2. The molecule has 2 aromatic heterocycles. The second-order valence-electron chi connectivity index (χ2n) is 8.42. The summed E-state index contributed by atoms with van der Waals surface area (Å²) in [4.78, 5) is 20.3. The molecule has 6 rings (SSSR count). The molecule has 0 saturated heterocycles. The van der Waals surface area contributed by atoms with Gasteiger partial charge < -0.3 is 21.5 Å². The van der Waals surface area contributed by atoms with E-state index < -0.39 is 0 Å². The van der Waals surface area contributed by atoms with Crippen LogP contribution in [0.2, 0.25) is 0 Å². The van der Waals surface area contributed by atoms with E-state index in [4.69, 9.17) is 16.2 Å². The fourth-order valence-electron chi connectivity index (χ4n) is 5.09. The molecule has 5 N–H and O–H groups in total. The Bertz CT molecular complexity index is 1110. The number of carbonyl (C=O) groups is 1. The van der Waals surface area contributed by atoms with Crippen molar-refractivity contribution in [2.75, 3.05) is 18.2 Å². The van der Waals surface area contributed by atoms with E-state index in [1.807, 2.05) is 29.1 Å². The van der Waals surface area contributed by atoms with Crippen molar-refractivity contribution in [3.63, 3.8) is 0 Å². The number of hydrogen-bond acceptors (Lipinski definition) is 7. The molecule has 1 aromatic carbocycles. The maximum absolute atomic E-state index is 12.5. The van der Waals surface area contributed by atoms with E-state index >= 15 is 0 Å². The lowest BCUT2D eigenvalue weighted by Gasteiger charge is -2.71. The zero-order valence-corrected chi connectivity index (χ0v) is 16.6. The molecule has 9 heteroatoms. The minimum Gasteiger partial charge on any atom is -0.497 e. The van der Waals surface area contributed by atoms with E-state index in [0.717, 1.165) is 30.6 Å². The Kier molecular flexibility index (Phi) is 4.04. The second kappa shape index (κ2) is 6.53. The Labute approximate surface area is 173 Å². The highest BCUT2D eigenvalue weighted by atomic mass is 16.5. The number of nitrogen functional groups attached to an aromatic ring is 1. The fourth-order valence-corrected chi connectivity index (χ4v) is 5.09. The van der Waals surface area contributed by atoms with Gasteiger partial charge in [0.1, 0.15) is 23.5 Å². The molecule has 1 unspecified atom stereocenters. The van der Waals surface area contributed by atoms with Crippen LogP contribution in [0.5, 0.6) is 5.75 Å². The Hall–Kier alpha value is -3.46. The SMILES string of the molecule is COc1cccc(C(n2cc(NC(=O)c3cncnc3N)cn2)C23CC(N)(C2)C3)c1. The molecule has 2 heterocycles. The van der Waals surface area contributed by atoms with Gasteiger partial charge in [-0.1, -0.05) is 12.1 Å². The predicted molar refractivity (Wildman–Crippen MR) is 111 cm³/mol. The number of hydrogen-bond donors (Lipinski definition) is 3. The molecule has 1 amide bonds. The third-order valence-corrected chi connectivity index (χ3v) is 6.21. The molecule has 2 bridgehead atoms. The number of nitrogens with one attached hydrogen (secondary N) is 1. The van der Waals surface area contributed by atoms with Crippen LogP contribution in [0.15, 0.2) is 49.2 Å². The number of ether oxygens (including phenoxy) is 1. The molecule has 3 aromatic rings. The van der Waals surface area contributed by atoms with E-state index in [1.165, 1.54) is 12.5 Å². The molecule has 0 spiro atoms. The number of aromatic nitrogens is 4. The zero-order valence-electron chi connectivity index (χ0n) is 16.6. The van der Waals surface area contributed by atoms with E-state index in [1.54, 1.807) is 13.3 Å². The number of methoxy groups -OCH3 is 1. The number of benzene rings is 1. The highest BCUT2D eigenvalue weighted by Crippen LogP contribution is 2.71. The summed E-state index contributed by atoms with van der Waals surface area (Å²) in [6.45, 7) is 0. The standard InChI is InChI=1S/C21H23N7O2/c1-30-15-4-2-3-13(5-15)17(20-9-21(23,10-20)11-20)28-8-14(6-26-28)27-19(29)16-7-24-12-25-18(16)22/h2-8,12,17H,9-11,23H2,1H3,(H,27,29)(H2,22,24,25). The summed E-state index contributed by atoms with van der Waals surface area (Å²) in [5.74, 6) is 0.551. The number of amides is 1. The van der Waals surface area contributed by atoms with Gasteiger partial charge >= 0.3 is 0 Å². The zero-order chi connectivity index (χ0) is 20.9. The topological polar surface area (TPSA) is 134 Å². The van der Waals surface area contributed by atoms with Gasteiger partial charge in [-0.3, -0.25) is 9.48 Å². The number of carbonyl (C=O) groups excluding carboxylic acids is 1. The maximum Gasteiger partial charge on any atom is 0.261 e. The first kappa shape index (κ1) is 18.6. The van der Waals surface area contributed by atoms with Crippen molar-refractivity contribution in [3.05, 3.63) is 60.3 Å². The summed E-state index contributed by atoms with van der Waals surface area (Å²) in [6, 6.07) is 8.03. The van der Waals surface area contributed by atoms with Crippen LogP contribution < -0.4 is 21.5 Å². The average molecular weight is 405 g/mol. The number of nitrogens with two attached hydrogens (primary N) is 2. The van der Waals surface area contributed by atoms with Crippen molar-refractivity contribution in [3.8, 4) is 5.75 Å². The first-order chi connectivity index (χ1) is 14.4. The van der Waals surface area contributed by atoms with Crippen molar-refractivity contribution >= 4 is 17.4 Å². The summed E-state index contributed by atoms with van der Waals surface area (Å²) in [7, 11) is 1.66. The Morgan fingerprint density at radius 2 is 2.10 bits per heavy atom. The van der Waals surface area contributed by atoms with Crippen LogP contribution >= 0.6 is 0 Å². The number of anilines is 2. The molecule has 0 radical (unpaired) electrons. The molecule has 3 aliphatic rings. The summed E-state index contributed by atoms with van der Waals surface area (Å²) in [6.07, 6.45) is 9.05. The molecule has 3 fully saturated rings. The largest absolute Gasteiger partial charge is 0.497 e. The van der Waals surface area contributed by atoms with Gasteiger partial charge in [0, 0.05) is 23.3 Å². The summed E-state index contributed by atoms with van der Waals surface area (Å²) >= 11 is 0. The molecule has 1 atom stereocenters. The van der Waals surface area contributed by atoms with E-state index in [9.17, 15) is 4.79 Å². The van der Waals surface area contributed by atoms with Crippen molar-refractivity contribution in [2.45, 2.75) is 30.8 Å². The van der Waals surface area contributed by atoms with Crippen molar-refractivity contribution in [1.29, 1.82) is 0 Å². The van der Waals surface area contributed by atoms with Crippen molar-refractivity contribution in [2.24, 2.45) is 11.1 Å². The molecule has 9 nitrogen and oxygen atoms in total. The summed E-state index contributed by atoms with van der Waals surface area (Å²) in [5.41, 5.74) is 14.1. The Morgan fingerprint density at radius 3 is 2.80 bits per heavy atom. The number of nitrogens with zero attached hydrogens (tertiary/aromatic N) is 4. The molecule has 154 valence electrons. The summed E-state index contributed by atoms with van der Waals surface area (Å²) in [5, 5.41) is 7.40. The lowest BCUT2D eigenvalue weighted by molar-refractivity contribution is -0.158.